The van der Waals surface area contributed by atoms with Crippen LogP contribution in [0.2, 0.25) is 0 Å². The number of primary amides is 1. The number of aromatic nitrogens is 2. The van der Waals surface area contributed by atoms with Crippen molar-refractivity contribution >= 4 is 17.5 Å². The molecule has 1 unspecified atom stereocenters. The summed E-state index contributed by atoms with van der Waals surface area (Å²) in [5.41, 5.74) is 5.21. The minimum Gasteiger partial charge on any atom is -0.369 e. The van der Waals surface area contributed by atoms with Gasteiger partial charge >= 0.3 is 6.18 Å². The predicted molar refractivity (Wildman–Crippen MR) is 115 cm³/mol. The van der Waals surface area contributed by atoms with E-state index in [4.69, 9.17) is 5.73 Å². The van der Waals surface area contributed by atoms with Gasteiger partial charge in [-0.3, -0.25) is 9.69 Å². The van der Waals surface area contributed by atoms with Gasteiger partial charge in [0.2, 0.25) is 11.7 Å². The van der Waals surface area contributed by atoms with Crippen molar-refractivity contribution in [3.05, 3.63) is 47.5 Å². The molecule has 2 aliphatic rings. The minimum absolute atomic E-state index is 0.109. The summed E-state index contributed by atoms with van der Waals surface area (Å²) >= 11 is 0. The topological polar surface area (TPSA) is 87.4 Å². The first kappa shape index (κ1) is 23.2. The van der Waals surface area contributed by atoms with E-state index in [9.17, 15) is 18.0 Å². The number of anilines is 2. The van der Waals surface area contributed by atoms with Crippen molar-refractivity contribution in [3.8, 4) is 0 Å². The lowest BCUT2D eigenvalue weighted by Gasteiger charge is -2.42. The van der Waals surface area contributed by atoms with Crippen molar-refractivity contribution in [2.75, 3.05) is 42.9 Å². The molecular formula is C22H26F4N6O. The molecule has 0 saturated carbocycles. The van der Waals surface area contributed by atoms with Crippen LogP contribution in [0.25, 0.3) is 0 Å². The monoisotopic (exact) mass is 466 g/mol. The molecule has 1 amide bonds. The molecule has 7 nitrogen and oxygen atoms in total. The van der Waals surface area contributed by atoms with Gasteiger partial charge in [-0.15, -0.1) is 0 Å². The standard InChI is InChI=1S/C22H26F4N6O/c23-19-20(28-11-14-5-8-31(9-6-14)12-18(27)33)29-13-30-21(19)32-10-7-17(32)15-1-3-16(4-2-15)22(24,25)26/h1-4,13-14,17H,5-12H2,(H2,27,33)(H,28,29,30). The second-order valence-corrected chi connectivity index (χ2v) is 8.54. The molecule has 33 heavy (non-hydrogen) atoms. The lowest BCUT2D eigenvalue weighted by atomic mass is 9.94. The Kier molecular flexibility index (Phi) is 6.68. The van der Waals surface area contributed by atoms with E-state index >= 15 is 4.39 Å². The third-order valence-corrected chi connectivity index (χ3v) is 6.33. The number of nitrogens with two attached hydrogens (primary N) is 1. The summed E-state index contributed by atoms with van der Waals surface area (Å²) < 4.78 is 53.7. The maximum Gasteiger partial charge on any atom is 0.416 e. The summed E-state index contributed by atoms with van der Waals surface area (Å²) in [4.78, 5) is 22.9. The van der Waals surface area contributed by atoms with Crippen LogP contribution in [0.3, 0.4) is 0 Å². The maximum atomic E-state index is 15.2. The SMILES string of the molecule is NC(=O)CN1CCC(CNc2ncnc(N3CCC3c3ccc(C(F)(F)F)cc3)c2F)CC1. The fourth-order valence-electron chi connectivity index (χ4n) is 4.38. The number of piperidine rings is 1. The summed E-state index contributed by atoms with van der Waals surface area (Å²) in [5, 5.41) is 3.07. The van der Waals surface area contributed by atoms with Crippen molar-refractivity contribution in [2.45, 2.75) is 31.5 Å². The molecule has 4 rings (SSSR count). The molecule has 1 aromatic heterocycles. The molecule has 178 valence electrons. The number of carbonyl (C=O) groups excluding carboxylic acids is 1. The molecule has 1 aromatic carbocycles. The van der Waals surface area contributed by atoms with Crippen molar-refractivity contribution in [2.24, 2.45) is 11.7 Å². The Morgan fingerprint density at radius 1 is 1.09 bits per heavy atom. The molecule has 2 fully saturated rings. The Bertz CT molecular complexity index is 976. The third-order valence-electron chi connectivity index (χ3n) is 6.33. The van der Waals surface area contributed by atoms with E-state index < -0.39 is 17.6 Å². The van der Waals surface area contributed by atoms with Crippen molar-refractivity contribution in [1.82, 2.24) is 14.9 Å². The van der Waals surface area contributed by atoms with Crippen LogP contribution in [0.15, 0.2) is 30.6 Å². The number of nitrogens with zero attached hydrogens (tertiary/aromatic N) is 4. The number of hydrogen-bond acceptors (Lipinski definition) is 6. The zero-order valence-corrected chi connectivity index (χ0v) is 18.0. The molecule has 0 spiro atoms. The molecule has 2 aromatic rings. The molecular weight excluding hydrogens is 440 g/mol. The van der Waals surface area contributed by atoms with E-state index in [2.05, 4.69) is 15.3 Å². The van der Waals surface area contributed by atoms with Crippen molar-refractivity contribution in [3.63, 3.8) is 0 Å². The Balaban J connectivity index is 1.38. The predicted octanol–water partition coefficient (Wildman–Crippen LogP) is 3.20. The van der Waals surface area contributed by atoms with E-state index in [1.165, 1.54) is 18.5 Å². The first-order chi connectivity index (χ1) is 15.7. The molecule has 0 bridgehead atoms. The van der Waals surface area contributed by atoms with Crippen LogP contribution in [0.4, 0.5) is 29.2 Å². The van der Waals surface area contributed by atoms with E-state index in [1.807, 2.05) is 4.90 Å². The molecule has 3 heterocycles. The fraction of sp³-hybridized carbons (Fsp3) is 0.500. The van der Waals surface area contributed by atoms with E-state index in [0.29, 0.717) is 31.0 Å². The molecule has 0 radical (unpaired) electrons. The largest absolute Gasteiger partial charge is 0.416 e. The first-order valence-electron chi connectivity index (χ1n) is 10.9. The molecule has 3 N–H and O–H groups in total. The minimum atomic E-state index is -4.39. The van der Waals surface area contributed by atoms with E-state index in [1.54, 1.807) is 4.90 Å². The van der Waals surface area contributed by atoms with E-state index in [0.717, 1.165) is 38.1 Å². The lowest BCUT2D eigenvalue weighted by Crippen LogP contribution is -2.42. The zero-order chi connectivity index (χ0) is 23.6. The van der Waals surface area contributed by atoms with Gasteiger partial charge < -0.3 is 16.0 Å². The number of halogens is 4. The highest BCUT2D eigenvalue weighted by Gasteiger charge is 2.35. The average molecular weight is 466 g/mol. The highest BCUT2D eigenvalue weighted by atomic mass is 19.4. The summed E-state index contributed by atoms with van der Waals surface area (Å²) in [6.45, 7) is 2.86. The maximum absolute atomic E-state index is 15.2. The number of hydrogen-bond donors (Lipinski definition) is 2. The number of benzene rings is 1. The van der Waals surface area contributed by atoms with Crippen LogP contribution in [-0.4, -0.2) is 53.5 Å². The fourth-order valence-corrected chi connectivity index (χ4v) is 4.38. The van der Waals surface area contributed by atoms with E-state index in [-0.39, 0.29) is 30.1 Å². The van der Waals surface area contributed by atoms with Gasteiger partial charge in [-0.1, -0.05) is 12.1 Å². The average Bonchev–Trinajstić information content (AvgIpc) is 2.74. The Morgan fingerprint density at radius 2 is 1.79 bits per heavy atom. The molecule has 2 aliphatic heterocycles. The summed E-state index contributed by atoms with van der Waals surface area (Å²) in [6, 6.07) is 4.72. The van der Waals surface area contributed by atoms with Crippen LogP contribution in [0, 0.1) is 11.7 Å². The Labute approximate surface area is 189 Å². The van der Waals surface area contributed by atoms with Crippen LogP contribution >= 0.6 is 0 Å². The van der Waals surface area contributed by atoms with Crippen LogP contribution in [0.1, 0.15) is 36.4 Å². The van der Waals surface area contributed by atoms with Crippen molar-refractivity contribution in [1.29, 1.82) is 0 Å². The number of rotatable bonds is 7. The van der Waals surface area contributed by atoms with Gasteiger partial charge in [0, 0.05) is 13.1 Å². The lowest BCUT2D eigenvalue weighted by molar-refractivity contribution is -0.137. The molecule has 2 saturated heterocycles. The number of nitrogens with one attached hydrogen (secondary N) is 1. The normalized spacial score (nSPS) is 19.9. The molecule has 1 atom stereocenters. The quantitative estimate of drug-likeness (QED) is 0.610. The number of amides is 1. The zero-order valence-electron chi connectivity index (χ0n) is 18.0. The van der Waals surface area contributed by atoms with Crippen molar-refractivity contribution < 1.29 is 22.4 Å². The van der Waals surface area contributed by atoms with Gasteiger partial charge in [0.15, 0.2) is 11.6 Å². The van der Waals surface area contributed by atoms with Crippen LogP contribution < -0.4 is 16.0 Å². The smallest absolute Gasteiger partial charge is 0.369 e. The van der Waals surface area contributed by atoms with Gasteiger partial charge in [-0.25, -0.2) is 9.97 Å². The number of carbonyl (C=O) groups is 1. The van der Waals surface area contributed by atoms with Gasteiger partial charge in [0.25, 0.3) is 0 Å². The highest BCUT2D eigenvalue weighted by molar-refractivity contribution is 5.75. The van der Waals surface area contributed by atoms with Gasteiger partial charge in [0.05, 0.1) is 18.2 Å². The highest BCUT2D eigenvalue weighted by Crippen LogP contribution is 2.39. The summed E-state index contributed by atoms with van der Waals surface area (Å²) in [6.07, 6.45) is -0.681. The van der Waals surface area contributed by atoms with Gasteiger partial charge in [-0.2, -0.15) is 17.6 Å². The summed E-state index contributed by atoms with van der Waals surface area (Å²) in [7, 11) is 0. The number of alkyl halides is 3. The molecule has 0 aliphatic carbocycles. The second-order valence-electron chi connectivity index (χ2n) is 8.54. The van der Waals surface area contributed by atoms with Gasteiger partial charge in [0.1, 0.15) is 6.33 Å². The third kappa shape index (κ3) is 5.35. The second kappa shape index (κ2) is 9.50. The Hall–Kier alpha value is -2.95. The summed E-state index contributed by atoms with van der Waals surface area (Å²) in [5.74, 6) is -0.351. The van der Waals surface area contributed by atoms with Crippen LogP contribution in [-0.2, 0) is 11.0 Å². The Morgan fingerprint density at radius 3 is 2.36 bits per heavy atom. The molecule has 11 heteroatoms. The van der Waals surface area contributed by atoms with Crippen LogP contribution in [0.5, 0.6) is 0 Å². The van der Waals surface area contributed by atoms with Gasteiger partial charge in [-0.05, 0) is 56.0 Å². The first-order valence-corrected chi connectivity index (χ1v) is 10.9. The number of likely N-dealkylation sites (tertiary alicyclic amines) is 1.